The molecule has 0 unspecified atom stereocenters. The fourth-order valence-electron chi connectivity index (χ4n) is 4.66. The van der Waals surface area contributed by atoms with Gasteiger partial charge in [-0.2, -0.15) is 5.26 Å². The van der Waals surface area contributed by atoms with Crippen LogP contribution in [0.4, 0.5) is 14.6 Å². The van der Waals surface area contributed by atoms with Gasteiger partial charge in [0.05, 0.1) is 18.0 Å². The van der Waals surface area contributed by atoms with Crippen LogP contribution in [0.25, 0.3) is 11.3 Å². The highest BCUT2D eigenvalue weighted by molar-refractivity contribution is 5.72. The first kappa shape index (κ1) is 23.0. The number of aromatic nitrogens is 3. The molecule has 7 nitrogen and oxygen atoms in total. The van der Waals surface area contributed by atoms with Crippen molar-refractivity contribution >= 4 is 5.82 Å². The Balaban J connectivity index is 1.41. The van der Waals surface area contributed by atoms with Crippen LogP contribution in [0, 0.1) is 23.0 Å². The van der Waals surface area contributed by atoms with Crippen LogP contribution in [0.2, 0.25) is 0 Å². The van der Waals surface area contributed by atoms with Crippen LogP contribution in [-0.4, -0.2) is 33.7 Å². The van der Waals surface area contributed by atoms with E-state index in [1.165, 1.54) is 22.8 Å². The van der Waals surface area contributed by atoms with Crippen molar-refractivity contribution in [1.82, 2.24) is 14.5 Å². The standard InChI is InChI=1S/C26H25F2N5O2/c1-32-15-17(3-6-23(32)34)24-25(30-14-22(31-24)26(16-29)9-2-10-26)33-11-7-19(8-12-33)35-21-5-4-18(27)13-20(21)28/h3-6,13-15,19H,2,7-12H2,1H3. The first-order valence-corrected chi connectivity index (χ1v) is 11.7. The summed E-state index contributed by atoms with van der Waals surface area (Å²) in [6, 6.07) is 8.95. The Labute approximate surface area is 201 Å². The molecule has 1 saturated carbocycles. The molecular formula is C26H25F2N5O2. The predicted molar refractivity (Wildman–Crippen MR) is 126 cm³/mol. The molecule has 0 radical (unpaired) electrons. The first-order valence-electron chi connectivity index (χ1n) is 11.7. The number of ether oxygens (including phenoxy) is 1. The fraction of sp³-hybridized carbons (Fsp3) is 0.385. The Morgan fingerprint density at radius 3 is 2.57 bits per heavy atom. The molecule has 2 aromatic heterocycles. The number of hydrogen-bond acceptors (Lipinski definition) is 6. The zero-order valence-electron chi connectivity index (χ0n) is 19.4. The number of nitrogens with zero attached hydrogens (tertiary/aromatic N) is 5. The van der Waals surface area contributed by atoms with Crippen molar-refractivity contribution in [2.75, 3.05) is 18.0 Å². The number of benzene rings is 1. The highest BCUT2D eigenvalue weighted by Crippen LogP contribution is 2.43. The number of nitriles is 1. The largest absolute Gasteiger partial charge is 0.487 e. The molecule has 0 spiro atoms. The molecule has 3 heterocycles. The monoisotopic (exact) mass is 477 g/mol. The van der Waals surface area contributed by atoms with E-state index in [9.17, 15) is 18.8 Å². The Hall–Kier alpha value is -3.80. The lowest BCUT2D eigenvalue weighted by Crippen LogP contribution is -2.39. The van der Waals surface area contributed by atoms with Crippen molar-refractivity contribution < 1.29 is 13.5 Å². The van der Waals surface area contributed by atoms with Gasteiger partial charge in [0.25, 0.3) is 0 Å². The third kappa shape index (κ3) is 4.36. The molecule has 3 aromatic rings. The third-order valence-corrected chi connectivity index (χ3v) is 6.95. The van der Waals surface area contributed by atoms with E-state index < -0.39 is 17.0 Å². The Morgan fingerprint density at radius 2 is 1.94 bits per heavy atom. The Morgan fingerprint density at radius 1 is 1.17 bits per heavy atom. The minimum Gasteiger partial charge on any atom is -0.487 e. The predicted octanol–water partition coefficient (Wildman–Crippen LogP) is 4.11. The van der Waals surface area contributed by atoms with Gasteiger partial charge < -0.3 is 14.2 Å². The van der Waals surface area contributed by atoms with Gasteiger partial charge in [-0.05, 0) is 37.5 Å². The van der Waals surface area contributed by atoms with Gasteiger partial charge in [0, 0.05) is 56.9 Å². The minimum absolute atomic E-state index is 0.0437. The smallest absolute Gasteiger partial charge is 0.250 e. The number of rotatable bonds is 5. The number of pyridine rings is 1. The lowest BCUT2D eigenvalue weighted by Gasteiger charge is -2.36. The van der Waals surface area contributed by atoms with Crippen LogP contribution in [0.5, 0.6) is 5.75 Å². The van der Waals surface area contributed by atoms with E-state index >= 15 is 0 Å². The van der Waals surface area contributed by atoms with E-state index in [1.807, 2.05) is 0 Å². The molecule has 9 heteroatoms. The van der Waals surface area contributed by atoms with E-state index in [2.05, 4.69) is 11.0 Å². The molecule has 2 fully saturated rings. The van der Waals surface area contributed by atoms with E-state index in [1.54, 1.807) is 25.5 Å². The molecule has 0 N–H and O–H groups in total. The zero-order valence-corrected chi connectivity index (χ0v) is 19.4. The lowest BCUT2D eigenvalue weighted by molar-refractivity contribution is 0.163. The Kier molecular flexibility index (Phi) is 5.97. The topological polar surface area (TPSA) is 84.0 Å². The van der Waals surface area contributed by atoms with Crippen LogP contribution in [-0.2, 0) is 12.5 Å². The maximum absolute atomic E-state index is 14.0. The summed E-state index contributed by atoms with van der Waals surface area (Å²) in [5.74, 6) is -0.639. The molecule has 0 amide bonds. The molecule has 180 valence electrons. The van der Waals surface area contributed by atoms with Crippen LogP contribution < -0.4 is 15.2 Å². The van der Waals surface area contributed by atoms with Gasteiger partial charge >= 0.3 is 0 Å². The van der Waals surface area contributed by atoms with Crippen molar-refractivity contribution in [3.8, 4) is 23.1 Å². The van der Waals surface area contributed by atoms with E-state index in [-0.39, 0.29) is 17.4 Å². The second-order valence-corrected chi connectivity index (χ2v) is 9.22. The number of anilines is 1. The summed E-state index contributed by atoms with van der Waals surface area (Å²) in [6.45, 7) is 1.20. The van der Waals surface area contributed by atoms with Crippen molar-refractivity contribution in [2.45, 2.75) is 43.6 Å². The summed E-state index contributed by atoms with van der Waals surface area (Å²) in [5.41, 5.74) is 1.29. The third-order valence-electron chi connectivity index (χ3n) is 6.95. The van der Waals surface area contributed by atoms with Gasteiger partial charge in [0.1, 0.15) is 23.0 Å². The second-order valence-electron chi connectivity index (χ2n) is 9.22. The lowest BCUT2D eigenvalue weighted by atomic mass is 9.68. The molecule has 1 saturated heterocycles. The van der Waals surface area contributed by atoms with Crippen LogP contribution in [0.15, 0.2) is 47.5 Å². The summed E-state index contributed by atoms with van der Waals surface area (Å²) in [6.07, 6.45) is 6.95. The molecule has 5 rings (SSSR count). The number of halogens is 2. The summed E-state index contributed by atoms with van der Waals surface area (Å²) < 4.78 is 34.5. The van der Waals surface area contributed by atoms with Crippen LogP contribution >= 0.6 is 0 Å². The quantitative estimate of drug-likeness (QED) is 0.550. The van der Waals surface area contributed by atoms with E-state index in [4.69, 9.17) is 14.7 Å². The summed E-state index contributed by atoms with van der Waals surface area (Å²) >= 11 is 0. The van der Waals surface area contributed by atoms with E-state index in [0.29, 0.717) is 43.1 Å². The highest BCUT2D eigenvalue weighted by Gasteiger charge is 2.41. The molecule has 35 heavy (non-hydrogen) atoms. The van der Waals surface area contributed by atoms with Crippen molar-refractivity contribution in [3.63, 3.8) is 0 Å². The zero-order chi connectivity index (χ0) is 24.6. The molecular weight excluding hydrogens is 452 g/mol. The van der Waals surface area contributed by atoms with Gasteiger partial charge in [0.2, 0.25) is 5.56 Å². The number of aryl methyl sites for hydroxylation is 1. The van der Waals surface area contributed by atoms with Gasteiger partial charge in [-0.1, -0.05) is 0 Å². The number of hydrogen-bond donors (Lipinski definition) is 0. The van der Waals surface area contributed by atoms with Crippen molar-refractivity contribution in [2.24, 2.45) is 7.05 Å². The molecule has 0 bridgehead atoms. The van der Waals surface area contributed by atoms with Gasteiger partial charge in [-0.15, -0.1) is 0 Å². The second kappa shape index (κ2) is 9.10. The average Bonchev–Trinajstić information content (AvgIpc) is 2.83. The van der Waals surface area contributed by atoms with Gasteiger partial charge in [0.15, 0.2) is 17.4 Å². The van der Waals surface area contributed by atoms with Crippen molar-refractivity contribution in [3.05, 3.63) is 70.4 Å². The molecule has 0 atom stereocenters. The van der Waals surface area contributed by atoms with Gasteiger partial charge in [-0.3, -0.25) is 4.79 Å². The van der Waals surface area contributed by atoms with E-state index in [0.717, 1.165) is 30.9 Å². The fourth-order valence-corrected chi connectivity index (χ4v) is 4.66. The normalized spacial score (nSPS) is 17.5. The van der Waals surface area contributed by atoms with Gasteiger partial charge in [-0.25, -0.2) is 18.7 Å². The summed E-state index contributed by atoms with van der Waals surface area (Å²) in [5, 5.41) is 9.80. The molecule has 1 aromatic carbocycles. The van der Waals surface area contributed by atoms with Crippen molar-refractivity contribution in [1.29, 1.82) is 5.26 Å². The first-order chi connectivity index (χ1) is 16.9. The minimum atomic E-state index is -0.715. The molecule has 2 aliphatic rings. The average molecular weight is 478 g/mol. The maximum Gasteiger partial charge on any atom is 0.250 e. The summed E-state index contributed by atoms with van der Waals surface area (Å²) in [4.78, 5) is 23.7. The number of piperidine rings is 1. The van der Waals surface area contributed by atoms with Crippen LogP contribution in [0.1, 0.15) is 37.8 Å². The SMILES string of the molecule is Cn1cc(-c2nc(C3(C#N)CCC3)cnc2N2CCC(Oc3ccc(F)cc3F)CC2)ccc1=O. The molecule has 1 aliphatic carbocycles. The highest BCUT2D eigenvalue weighted by atomic mass is 19.1. The maximum atomic E-state index is 14.0. The van der Waals surface area contributed by atoms with Crippen LogP contribution in [0.3, 0.4) is 0 Å². The Bertz CT molecular complexity index is 1350. The molecule has 1 aliphatic heterocycles. The summed E-state index contributed by atoms with van der Waals surface area (Å²) in [7, 11) is 1.68.